The van der Waals surface area contributed by atoms with E-state index in [-0.39, 0.29) is 17.8 Å². The van der Waals surface area contributed by atoms with Gasteiger partial charge < -0.3 is 15.4 Å². The topological polar surface area (TPSA) is 72.6 Å². The van der Waals surface area contributed by atoms with E-state index in [0.29, 0.717) is 43.8 Å². The van der Waals surface area contributed by atoms with Gasteiger partial charge in [0.25, 0.3) is 5.91 Å². The lowest BCUT2D eigenvalue weighted by Gasteiger charge is -2.31. The van der Waals surface area contributed by atoms with E-state index in [1.807, 2.05) is 0 Å². The van der Waals surface area contributed by atoms with Gasteiger partial charge in [-0.2, -0.15) is 0 Å². The van der Waals surface area contributed by atoms with Crippen molar-refractivity contribution in [2.75, 3.05) is 25.4 Å². The molecule has 1 aromatic carbocycles. The molecule has 2 rings (SSSR count). The average molecular weight is 355 g/mol. The molecule has 1 heterocycles. The Bertz CT molecular complexity index is 540. The number of anilines is 1. The molecule has 21 heavy (non-hydrogen) atoms. The zero-order chi connectivity index (χ0) is 15.4. The summed E-state index contributed by atoms with van der Waals surface area (Å²) in [6, 6.07) is 5.19. The van der Waals surface area contributed by atoms with Crippen LogP contribution < -0.4 is 5.73 Å². The molecule has 0 saturated carbocycles. The maximum atomic E-state index is 12.5. The number of piperidine rings is 1. The number of nitrogens with two attached hydrogens (primary N) is 1. The number of halogens is 1. The minimum absolute atomic E-state index is 0.0588. The van der Waals surface area contributed by atoms with Crippen LogP contribution in [0.5, 0.6) is 0 Å². The Morgan fingerprint density at radius 3 is 2.67 bits per heavy atom. The number of hydrogen-bond acceptors (Lipinski definition) is 4. The molecule has 0 aliphatic carbocycles. The molecule has 0 bridgehead atoms. The number of rotatable bonds is 3. The number of benzene rings is 1. The predicted octanol–water partition coefficient (Wildman–Crippen LogP) is 2.45. The van der Waals surface area contributed by atoms with Gasteiger partial charge in [0.05, 0.1) is 18.1 Å². The number of carbonyl (C=O) groups excluding carboxylic acids is 2. The molecule has 5 nitrogen and oxygen atoms in total. The van der Waals surface area contributed by atoms with Crippen LogP contribution in [0.4, 0.5) is 5.69 Å². The number of esters is 1. The van der Waals surface area contributed by atoms with Crippen molar-refractivity contribution in [2.24, 2.45) is 5.92 Å². The van der Waals surface area contributed by atoms with Gasteiger partial charge in [-0.3, -0.25) is 9.59 Å². The molecule has 1 aliphatic heterocycles. The molecule has 1 saturated heterocycles. The lowest BCUT2D eigenvalue weighted by Crippen LogP contribution is -2.40. The maximum Gasteiger partial charge on any atom is 0.309 e. The third-order valence-electron chi connectivity index (χ3n) is 3.62. The number of nitrogen functional groups attached to an aromatic ring is 1. The highest BCUT2D eigenvalue weighted by molar-refractivity contribution is 9.10. The van der Waals surface area contributed by atoms with Gasteiger partial charge in [-0.05, 0) is 53.9 Å². The van der Waals surface area contributed by atoms with Crippen LogP contribution >= 0.6 is 15.9 Å². The lowest BCUT2D eigenvalue weighted by molar-refractivity contribution is -0.149. The highest BCUT2D eigenvalue weighted by atomic mass is 79.9. The standard InChI is InChI=1S/C15H19BrN2O3/c1-2-21-15(20)10-5-7-18(8-6-10)14(19)12-9-11(17)3-4-13(12)16/h3-4,9-10H,2,5-8,17H2,1H3. The van der Waals surface area contributed by atoms with Crippen molar-refractivity contribution in [3.8, 4) is 0 Å². The second-order valence-electron chi connectivity index (χ2n) is 5.06. The van der Waals surface area contributed by atoms with Gasteiger partial charge >= 0.3 is 5.97 Å². The van der Waals surface area contributed by atoms with E-state index in [2.05, 4.69) is 15.9 Å². The van der Waals surface area contributed by atoms with Crippen molar-refractivity contribution in [3.05, 3.63) is 28.2 Å². The van der Waals surface area contributed by atoms with Gasteiger partial charge in [0.2, 0.25) is 0 Å². The Kier molecular flexibility index (Phi) is 5.22. The van der Waals surface area contributed by atoms with Crippen LogP contribution in [-0.4, -0.2) is 36.5 Å². The summed E-state index contributed by atoms with van der Waals surface area (Å²) in [5.74, 6) is -0.315. The molecule has 1 fully saturated rings. The quantitative estimate of drug-likeness (QED) is 0.668. The fraction of sp³-hybridized carbons (Fsp3) is 0.467. The van der Waals surface area contributed by atoms with Crippen LogP contribution in [0.2, 0.25) is 0 Å². The number of ether oxygens (including phenoxy) is 1. The average Bonchev–Trinajstić information content (AvgIpc) is 2.49. The third kappa shape index (κ3) is 3.75. The molecule has 0 radical (unpaired) electrons. The molecular weight excluding hydrogens is 336 g/mol. The lowest BCUT2D eigenvalue weighted by atomic mass is 9.96. The molecule has 1 amide bonds. The van der Waals surface area contributed by atoms with Crippen LogP contribution in [0.1, 0.15) is 30.1 Å². The van der Waals surface area contributed by atoms with E-state index >= 15 is 0 Å². The van der Waals surface area contributed by atoms with Crippen LogP contribution in [0.15, 0.2) is 22.7 Å². The Labute approximate surface area is 132 Å². The van der Waals surface area contributed by atoms with Crippen LogP contribution in [0.3, 0.4) is 0 Å². The van der Waals surface area contributed by atoms with Gasteiger partial charge in [-0.1, -0.05) is 0 Å². The molecule has 2 N–H and O–H groups in total. The smallest absolute Gasteiger partial charge is 0.309 e. The summed E-state index contributed by atoms with van der Waals surface area (Å²) in [6.07, 6.45) is 1.29. The monoisotopic (exact) mass is 354 g/mol. The second kappa shape index (κ2) is 6.93. The second-order valence-corrected chi connectivity index (χ2v) is 5.91. The van der Waals surface area contributed by atoms with Crippen molar-refractivity contribution < 1.29 is 14.3 Å². The van der Waals surface area contributed by atoms with E-state index in [4.69, 9.17) is 10.5 Å². The molecule has 1 aromatic rings. The molecule has 0 atom stereocenters. The zero-order valence-corrected chi connectivity index (χ0v) is 13.6. The first-order valence-corrected chi connectivity index (χ1v) is 7.83. The summed E-state index contributed by atoms with van der Waals surface area (Å²) < 4.78 is 5.76. The normalized spacial score (nSPS) is 15.8. The minimum Gasteiger partial charge on any atom is -0.466 e. The van der Waals surface area contributed by atoms with Crippen molar-refractivity contribution >= 4 is 33.5 Å². The Morgan fingerprint density at radius 2 is 2.05 bits per heavy atom. The fourth-order valence-corrected chi connectivity index (χ4v) is 2.87. The summed E-state index contributed by atoms with van der Waals surface area (Å²) in [5, 5.41) is 0. The maximum absolute atomic E-state index is 12.5. The van der Waals surface area contributed by atoms with Crippen molar-refractivity contribution in [1.82, 2.24) is 4.90 Å². The highest BCUT2D eigenvalue weighted by Crippen LogP contribution is 2.24. The largest absolute Gasteiger partial charge is 0.466 e. The van der Waals surface area contributed by atoms with Crippen LogP contribution in [0.25, 0.3) is 0 Å². The van der Waals surface area contributed by atoms with Crippen LogP contribution in [0, 0.1) is 5.92 Å². The Morgan fingerprint density at radius 1 is 1.38 bits per heavy atom. The summed E-state index contributed by atoms with van der Waals surface area (Å²) >= 11 is 3.38. The third-order valence-corrected chi connectivity index (χ3v) is 4.31. The zero-order valence-electron chi connectivity index (χ0n) is 12.0. The summed E-state index contributed by atoms with van der Waals surface area (Å²) in [7, 11) is 0. The van der Waals surface area contributed by atoms with Crippen LogP contribution in [-0.2, 0) is 9.53 Å². The summed E-state index contributed by atoms with van der Waals surface area (Å²) in [5.41, 5.74) is 6.86. The van der Waals surface area contributed by atoms with Gasteiger partial charge in [0, 0.05) is 23.2 Å². The van der Waals surface area contributed by atoms with Gasteiger partial charge in [0.15, 0.2) is 0 Å². The van der Waals surface area contributed by atoms with E-state index < -0.39 is 0 Å². The van der Waals surface area contributed by atoms with Gasteiger partial charge in [-0.15, -0.1) is 0 Å². The molecule has 0 spiro atoms. The first-order chi connectivity index (χ1) is 10.0. The Balaban J connectivity index is 2.00. The first kappa shape index (κ1) is 15.8. The van der Waals surface area contributed by atoms with E-state index in [1.165, 1.54) is 0 Å². The molecular formula is C15H19BrN2O3. The summed E-state index contributed by atoms with van der Waals surface area (Å²) in [4.78, 5) is 26.0. The number of nitrogens with zero attached hydrogens (tertiary/aromatic N) is 1. The SMILES string of the molecule is CCOC(=O)C1CCN(C(=O)c2cc(N)ccc2Br)CC1. The van der Waals surface area contributed by atoms with E-state index in [1.54, 1.807) is 30.0 Å². The molecule has 1 aliphatic rings. The molecule has 6 heteroatoms. The van der Waals surface area contributed by atoms with Gasteiger partial charge in [0.1, 0.15) is 0 Å². The summed E-state index contributed by atoms with van der Waals surface area (Å²) in [6.45, 7) is 3.31. The van der Waals surface area contributed by atoms with Crippen molar-refractivity contribution in [1.29, 1.82) is 0 Å². The number of hydrogen-bond donors (Lipinski definition) is 1. The number of carbonyl (C=O) groups is 2. The highest BCUT2D eigenvalue weighted by Gasteiger charge is 2.29. The van der Waals surface area contributed by atoms with Gasteiger partial charge in [-0.25, -0.2) is 0 Å². The fourth-order valence-electron chi connectivity index (χ4n) is 2.46. The van der Waals surface area contributed by atoms with E-state index in [9.17, 15) is 9.59 Å². The van der Waals surface area contributed by atoms with Crippen molar-refractivity contribution in [3.63, 3.8) is 0 Å². The Hall–Kier alpha value is -1.56. The molecule has 0 aromatic heterocycles. The van der Waals surface area contributed by atoms with Crippen molar-refractivity contribution in [2.45, 2.75) is 19.8 Å². The number of amides is 1. The predicted molar refractivity (Wildman–Crippen MR) is 83.8 cm³/mol. The molecule has 114 valence electrons. The first-order valence-electron chi connectivity index (χ1n) is 7.04. The minimum atomic E-state index is -0.158. The number of likely N-dealkylation sites (tertiary alicyclic amines) is 1. The molecule has 0 unspecified atom stereocenters. The van der Waals surface area contributed by atoms with E-state index in [0.717, 1.165) is 4.47 Å².